The summed E-state index contributed by atoms with van der Waals surface area (Å²) in [6.45, 7) is 3.13. The number of carboxylic acid groups (broad SMARTS) is 1. The molecule has 1 fully saturated rings. The highest BCUT2D eigenvalue weighted by atomic mass is 35.5. The second kappa shape index (κ2) is 8.22. The Hall–Kier alpha value is -1.30. The Morgan fingerprint density at radius 3 is 2.33 bits per heavy atom. The smallest absolute Gasteiger partial charge is 0.304 e. The fourth-order valence-corrected chi connectivity index (χ4v) is 2.45. The number of carbonyl (C=O) groups is 2. The van der Waals surface area contributed by atoms with Crippen LogP contribution in [0, 0.1) is 0 Å². The summed E-state index contributed by atoms with van der Waals surface area (Å²) in [5, 5.41) is 9.12. The van der Waals surface area contributed by atoms with Crippen molar-refractivity contribution in [2.75, 3.05) is 32.7 Å². The van der Waals surface area contributed by atoms with Crippen LogP contribution >= 0.6 is 24.0 Å². The van der Waals surface area contributed by atoms with E-state index in [1.165, 1.54) is 0 Å². The van der Waals surface area contributed by atoms with Crippen molar-refractivity contribution in [1.29, 1.82) is 0 Å². The molecule has 1 aliphatic rings. The molecule has 1 aromatic carbocycles. The molecule has 1 N–H and O–H groups in total. The van der Waals surface area contributed by atoms with Gasteiger partial charge >= 0.3 is 5.97 Å². The number of hydrogen-bond acceptors (Lipinski definition) is 3. The molecule has 1 heterocycles. The zero-order valence-corrected chi connectivity index (χ0v) is 13.1. The fourth-order valence-electron chi connectivity index (χ4n) is 2.23. The van der Waals surface area contributed by atoms with E-state index in [2.05, 4.69) is 4.90 Å². The Bertz CT molecular complexity index is 503. The Morgan fingerprint density at radius 2 is 1.76 bits per heavy atom. The highest BCUT2D eigenvalue weighted by Gasteiger charge is 2.23. The topological polar surface area (TPSA) is 60.9 Å². The summed E-state index contributed by atoms with van der Waals surface area (Å²) in [6.07, 6.45) is 0.137. The first-order valence-electron chi connectivity index (χ1n) is 6.56. The number of carboxylic acids is 1. The maximum atomic E-state index is 12.3. The lowest BCUT2D eigenvalue weighted by Crippen LogP contribution is -2.49. The molecule has 0 unspecified atom stereocenters. The van der Waals surface area contributed by atoms with E-state index >= 15 is 0 Å². The molecule has 5 nitrogen and oxygen atoms in total. The first-order valence-corrected chi connectivity index (χ1v) is 6.93. The van der Waals surface area contributed by atoms with Crippen LogP contribution in [0.15, 0.2) is 24.3 Å². The molecule has 116 valence electrons. The molecule has 0 spiro atoms. The lowest BCUT2D eigenvalue weighted by atomic mass is 10.2. The van der Waals surface area contributed by atoms with E-state index in [0.717, 1.165) is 0 Å². The number of carbonyl (C=O) groups excluding carboxylic acids is 1. The van der Waals surface area contributed by atoms with Crippen LogP contribution in [0.4, 0.5) is 0 Å². The molecule has 21 heavy (non-hydrogen) atoms. The minimum Gasteiger partial charge on any atom is -0.481 e. The molecule has 1 aromatic rings. The van der Waals surface area contributed by atoms with Gasteiger partial charge in [-0.2, -0.15) is 0 Å². The van der Waals surface area contributed by atoms with Gasteiger partial charge in [0.25, 0.3) is 5.91 Å². The quantitative estimate of drug-likeness (QED) is 0.915. The molecule has 0 aliphatic carbocycles. The average Bonchev–Trinajstić information content (AvgIpc) is 2.45. The number of halogens is 2. The molecule has 0 aromatic heterocycles. The highest BCUT2D eigenvalue weighted by molar-refractivity contribution is 6.33. The van der Waals surface area contributed by atoms with Crippen LogP contribution in [-0.2, 0) is 4.79 Å². The lowest BCUT2D eigenvalue weighted by Gasteiger charge is -2.34. The number of nitrogens with zero attached hydrogens (tertiary/aromatic N) is 2. The predicted molar refractivity (Wildman–Crippen MR) is 83.3 cm³/mol. The van der Waals surface area contributed by atoms with E-state index in [1.807, 2.05) is 0 Å². The van der Waals surface area contributed by atoms with Crippen LogP contribution in [0.1, 0.15) is 16.8 Å². The van der Waals surface area contributed by atoms with E-state index in [-0.39, 0.29) is 24.7 Å². The van der Waals surface area contributed by atoms with Crippen LogP contribution in [0.2, 0.25) is 5.02 Å². The molecule has 1 aliphatic heterocycles. The van der Waals surface area contributed by atoms with Crippen molar-refractivity contribution in [3.63, 3.8) is 0 Å². The molecule has 0 saturated carbocycles. The van der Waals surface area contributed by atoms with Crippen LogP contribution in [0.25, 0.3) is 0 Å². The first-order chi connectivity index (χ1) is 9.58. The average molecular weight is 333 g/mol. The summed E-state index contributed by atoms with van der Waals surface area (Å²) in [5.74, 6) is -0.854. The predicted octanol–water partition coefficient (Wildman–Crippen LogP) is 1.99. The fraction of sp³-hybridized carbons (Fsp3) is 0.429. The number of benzene rings is 1. The van der Waals surface area contributed by atoms with E-state index < -0.39 is 5.97 Å². The van der Waals surface area contributed by atoms with Gasteiger partial charge in [-0.3, -0.25) is 14.5 Å². The number of piperazine rings is 1. The molecule has 2 rings (SSSR count). The van der Waals surface area contributed by atoms with E-state index in [0.29, 0.717) is 43.3 Å². The van der Waals surface area contributed by atoms with Crippen molar-refractivity contribution in [3.8, 4) is 0 Å². The summed E-state index contributed by atoms with van der Waals surface area (Å²) in [5.41, 5.74) is 0.521. The van der Waals surface area contributed by atoms with Gasteiger partial charge in [-0.25, -0.2) is 0 Å². The third-order valence-corrected chi connectivity index (χ3v) is 3.74. The van der Waals surface area contributed by atoms with Gasteiger partial charge in [-0.15, -0.1) is 12.4 Å². The van der Waals surface area contributed by atoms with Crippen molar-refractivity contribution in [1.82, 2.24) is 9.80 Å². The number of hydrogen-bond donors (Lipinski definition) is 1. The standard InChI is InChI=1S/C14H17ClN2O3.ClH/c15-12-4-2-1-3-11(12)14(20)17-9-7-16(8-10-17)6-5-13(18)19;/h1-4H,5-10H2,(H,18,19);1H. The van der Waals surface area contributed by atoms with Crippen molar-refractivity contribution in [2.45, 2.75) is 6.42 Å². The second-order valence-corrected chi connectivity index (χ2v) is 5.16. The summed E-state index contributed by atoms with van der Waals surface area (Å²) in [7, 11) is 0. The zero-order chi connectivity index (χ0) is 14.5. The summed E-state index contributed by atoms with van der Waals surface area (Å²) in [6, 6.07) is 7.02. The normalized spacial score (nSPS) is 15.4. The molecule has 1 saturated heterocycles. The number of aliphatic carboxylic acids is 1. The molecular weight excluding hydrogens is 315 g/mol. The van der Waals surface area contributed by atoms with Crippen LogP contribution in [-0.4, -0.2) is 59.5 Å². The van der Waals surface area contributed by atoms with Crippen LogP contribution in [0.5, 0.6) is 0 Å². The molecular formula is C14H18Cl2N2O3. The van der Waals surface area contributed by atoms with E-state index in [9.17, 15) is 9.59 Å². The maximum absolute atomic E-state index is 12.3. The molecule has 7 heteroatoms. The highest BCUT2D eigenvalue weighted by Crippen LogP contribution is 2.18. The summed E-state index contributed by atoms with van der Waals surface area (Å²) < 4.78 is 0. The van der Waals surface area contributed by atoms with Gasteiger partial charge in [-0.05, 0) is 12.1 Å². The lowest BCUT2D eigenvalue weighted by molar-refractivity contribution is -0.137. The van der Waals surface area contributed by atoms with Gasteiger partial charge in [0.05, 0.1) is 17.0 Å². The Kier molecular flexibility index (Phi) is 6.95. The number of rotatable bonds is 4. The summed E-state index contributed by atoms with van der Waals surface area (Å²) in [4.78, 5) is 26.7. The van der Waals surface area contributed by atoms with Gasteiger partial charge < -0.3 is 10.0 Å². The minimum absolute atomic E-state index is 0. The Balaban J connectivity index is 0.00000220. The van der Waals surface area contributed by atoms with Crippen molar-refractivity contribution in [2.24, 2.45) is 0 Å². The third-order valence-electron chi connectivity index (χ3n) is 3.41. The second-order valence-electron chi connectivity index (χ2n) is 4.76. The first kappa shape index (κ1) is 17.8. The molecule has 0 atom stereocenters. The van der Waals surface area contributed by atoms with E-state index in [4.69, 9.17) is 16.7 Å². The molecule has 0 bridgehead atoms. The van der Waals surface area contributed by atoms with Gasteiger partial charge in [0, 0.05) is 32.7 Å². The Morgan fingerprint density at radius 1 is 1.14 bits per heavy atom. The minimum atomic E-state index is -0.792. The summed E-state index contributed by atoms with van der Waals surface area (Å²) >= 11 is 6.03. The van der Waals surface area contributed by atoms with Crippen LogP contribution in [0.3, 0.4) is 0 Å². The Labute approximate surface area is 134 Å². The zero-order valence-electron chi connectivity index (χ0n) is 11.5. The van der Waals surface area contributed by atoms with Gasteiger partial charge in [0.15, 0.2) is 0 Å². The maximum Gasteiger partial charge on any atom is 0.304 e. The van der Waals surface area contributed by atoms with E-state index in [1.54, 1.807) is 29.2 Å². The molecule has 0 radical (unpaired) electrons. The largest absolute Gasteiger partial charge is 0.481 e. The van der Waals surface area contributed by atoms with Crippen molar-refractivity contribution in [3.05, 3.63) is 34.9 Å². The SMILES string of the molecule is Cl.O=C(O)CCN1CCN(C(=O)c2ccccc2Cl)CC1. The van der Waals surface area contributed by atoms with Gasteiger partial charge in [0.1, 0.15) is 0 Å². The van der Waals surface area contributed by atoms with Crippen molar-refractivity contribution >= 4 is 35.9 Å². The van der Waals surface area contributed by atoms with Crippen molar-refractivity contribution < 1.29 is 14.7 Å². The molecule has 1 amide bonds. The monoisotopic (exact) mass is 332 g/mol. The van der Waals surface area contributed by atoms with Gasteiger partial charge in [-0.1, -0.05) is 23.7 Å². The van der Waals surface area contributed by atoms with Crippen LogP contribution < -0.4 is 0 Å². The number of amides is 1. The van der Waals surface area contributed by atoms with Gasteiger partial charge in [0.2, 0.25) is 0 Å². The third kappa shape index (κ3) is 4.88.